The van der Waals surface area contributed by atoms with E-state index in [0.717, 1.165) is 13.4 Å². The van der Waals surface area contributed by atoms with Gasteiger partial charge >= 0.3 is 416 Å². The summed E-state index contributed by atoms with van der Waals surface area (Å²) in [5.74, 6) is 1.16. The second kappa shape index (κ2) is 16.8. The van der Waals surface area contributed by atoms with Crippen molar-refractivity contribution in [1.82, 2.24) is 13.3 Å². The van der Waals surface area contributed by atoms with Crippen LogP contribution in [0.1, 0.15) is 20.8 Å². The standard InChI is InChI=1S/C36H27Br3Cl8N3O7P3/c1-4-48(58(51-22-13-7-19(37)8-14-22)52-23-15-9-20(38)10-16-23)59(54-33-29(44)25(40)26(41)30(45)34(33)55-59)49(5-2)60(50(59)6-3,53-24-17-11-21(39)12-18-24)56-35-31(46)27(42)28(43)32(47)36(35)57-60/h7-18H,4-6H2,1-3H3. The van der Waals surface area contributed by atoms with E-state index >= 15 is 0 Å². The van der Waals surface area contributed by atoms with Crippen LogP contribution >= 0.6 is 164 Å². The Morgan fingerprint density at radius 3 is 1.13 bits per heavy atom. The van der Waals surface area contributed by atoms with Gasteiger partial charge in [-0.3, -0.25) is 0 Å². The van der Waals surface area contributed by atoms with Gasteiger partial charge < -0.3 is 0 Å². The molecule has 0 amide bonds. The molecule has 8 rings (SSSR count). The molecule has 60 heavy (non-hydrogen) atoms. The Balaban J connectivity index is 1.45. The number of hydrogen-bond acceptors (Lipinski definition) is 10. The van der Waals surface area contributed by atoms with E-state index in [4.69, 9.17) is 124 Å². The fourth-order valence-electron chi connectivity index (χ4n) is 7.14. The predicted octanol–water partition coefficient (Wildman–Crippen LogP) is 18.1. The van der Waals surface area contributed by atoms with E-state index in [1.165, 1.54) is 0 Å². The Morgan fingerprint density at radius 1 is 0.500 bits per heavy atom. The Labute approximate surface area is 412 Å². The minimum atomic E-state index is -5.27. The maximum absolute atomic E-state index is 7.43. The first kappa shape index (κ1) is 46.2. The topological polar surface area (TPSA) is 74.3 Å². The minimum absolute atomic E-state index is 0.00909. The molecule has 0 atom stereocenters. The molecule has 3 aliphatic heterocycles. The van der Waals surface area contributed by atoms with Crippen LogP contribution in [-0.4, -0.2) is 33.0 Å². The second-order valence-electron chi connectivity index (χ2n) is 12.8. The van der Waals surface area contributed by atoms with Crippen LogP contribution in [0.3, 0.4) is 0 Å². The molecule has 10 nitrogen and oxygen atoms in total. The molecule has 0 saturated carbocycles. The van der Waals surface area contributed by atoms with Crippen molar-refractivity contribution in [2.24, 2.45) is 0 Å². The van der Waals surface area contributed by atoms with Crippen molar-refractivity contribution in [2.75, 3.05) is 19.6 Å². The van der Waals surface area contributed by atoms with Crippen molar-refractivity contribution in [3.63, 3.8) is 0 Å². The summed E-state index contributed by atoms with van der Waals surface area (Å²) in [6, 6.07) is 21.6. The van der Waals surface area contributed by atoms with Crippen molar-refractivity contribution < 1.29 is 31.7 Å². The van der Waals surface area contributed by atoms with Crippen molar-refractivity contribution in [1.29, 1.82) is 0 Å². The summed E-state index contributed by atoms with van der Waals surface area (Å²) < 4.78 is 58.0. The zero-order valence-electron chi connectivity index (χ0n) is 30.7. The van der Waals surface area contributed by atoms with E-state index in [1.807, 2.05) is 49.5 Å². The van der Waals surface area contributed by atoms with Crippen LogP contribution < -0.4 is 31.7 Å². The molecule has 0 bridgehead atoms. The Kier molecular flexibility index (Phi) is 12.9. The molecule has 24 heteroatoms. The molecule has 320 valence electrons. The summed E-state index contributed by atoms with van der Waals surface area (Å²) in [6.45, 7) is 5.78. The van der Waals surface area contributed by atoms with Gasteiger partial charge in [0.2, 0.25) is 0 Å². The summed E-state index contributed by atoms with van der Waals surface area (Å²) in [5, 5.41) is -0.521. The van der Waals surface area contributed by atoms with E-state index in [1.54, 1.807) is 57.4 Å². The predicted molar refractivity (Wildman–Crippen MR) is 258 cm³/mol. The molecule has 2 spiro atoms. The number of benzene rings is 5. The Hall–Kier alpha value is -0.370. The number of halogens is 11. The molecule has 5 aromatic carbocycles. The molecule has 0 aliphatic carbocycles. The zero-order chi connectivity index (χ0) is 43.2. The first-order chi connectivity index (χ1) is 28.5. The molecule has 5 aromatic rings. The fraction of sp³-hybridized carbons (Fsp3) is 0.167. The van der Waals surface area contributed by atoms with Crippen molar-refractivity contribution in [3.8, 4) is 40.2 Å². The summed E-state index contributed by atoms with van der Waals surface area (Å²) in [4.78, 5) is 0. The first-order valence-corrected chi connectivity index (χ1v) is 27.9. The van der Waals surface area contributed by atoms with E-state index < -0.39 is 23.6 Å². The maximum atomic E-state index is 7.43. The van der Waals surface area contributed by atoms with Gasteiger partial charge in [0.05, 0.1) is 0 Å². The third-order valence-corrected chi connectivity index (χ3v) is 28.8. The second-order valence-corrected chi connectivity index (χ2v) is 27.4. The third-order valence-electron chi connectivity index (χ3n) is 9.43. The van der Waals surface area contributed by atoms with E-state index in [9.17, 15) is 0 Å². The zero-order valence-corrected chi connectivity index (χ0v) is 44.2. The average Bonchev–Trinajstić information content (AvgIpc) is 3.79. The summed E-state index contributed by atoms with van der Waals surface area (Å²) in [5.41, 5.74) is 0. The van der Waals surface area contributed by atoms with E-state index in [-0.39, 0.29) is 82.8 Å². The van der Waals surface area contributed by atoms with Crippen LogP contribution in [0.25, 0.3) is 0 Å². The molecular weight excluding hydrogens is 1200 g/mol. The fourth-order valence-corrected chi connectivity index (χ4v) is 26.9. The number of fused-ring (bicyclic) bond motifs is 2. The number of nitrogens with zero attached hydrogens (tertiary/aromatic N) is 3. The molecule has 0 N–H and O–H groups in total. The Bertz CT molecular complexity index is 2420. The first-order valence-electron chi connectivity index (χ1n) is 17.5. The molecule has 3 heterocycles. The molecule has 0 radical (unpaired) electrons. The van der Waals surface area contributed by atoms with Crippen molar-refractivity contribution in [3.05, 3.63) is 126 Å². The van der Waals surface area contributed by atoms with Gasteiger partial charge in [0, 0.05) is 0 Å². The van der Waals surface area contributed by atoms with Crippen LogP contribution in [0.5, 0.6) is 40.2 Å². The summed E-state index contributed by atoms with van der Waals surface area (Å²) in [7, 11) is -12.9. The monoisotopic (exact) mass is 1220 g/mol. The quantitative estimate of drug-likeness (QED) is 0.0725. The number of rotatable bonds is 11. The number of hydrogen-bond donors (Lipinski definition) is 0. The van der Waals surface area contributed by atoms with Gasteiger partial charge in [-0.2, -0.15) is 0 Å². The van der Waals surface area contributed by atoms with E-state index in [0.29, 0.717) is 17.2 Å². The van der Waals surface area contributed by atoms with Crippen LogP contribution in [0.2, 0.25) is 40.2 Å². The van der Waals surface area contributed by atoms with Gasteiger partial charge in [-0.1, -0.05) is 0 Å². The van der Waals surface area contributed by atoms with Crippen LogP contribution in [0, 0.1) is 0 Å². The van der Waals surface area contributed by atoms with Crippen LogP contribution in [-0.2, 0) is 0 Å². The third kappa shape index (κ3) is 6.74. The van der Waals surface area contributed by atoms with Crippen LogP contribution in [0.4, 0.5) is 0 Å². The Morgan fingerprint density at radius 2 is 0.817 bits per heavy atom. The average molecular weight is 1230 g/mol. The van der Waals surface area contributed by atoms with Gasteiger partial charge in [0.1, 0.15) is 0 Å². The van der Waals surface area contributed by atoms with Crippen LogP contribution in [0.15, 0.2) is 86.2 Å². The SMILES string of the molecule is CCN(P(Oc1ccc(Br)cc1)Oc1ccc(Br)cc1)P12(Oc3c(Cl)c(Cl)c(Cl)c(Cl)c3O1)N(CC)P1(Oc3ccc(Br)cc3)(Oc3c(Cl)c(Cl)c(Cl)c(Cl)c3O1)N2CC. The molecule has 1 fully saturated rings. The van der Waals surface area contributed by atoms with Gasteiger partial charge in [-0.15, -0.1) is 0 Å². The summed E-state index contributed by atoms with van der Waals surface area (Å²) in [6.07, 6.45) is 0. The molecule has 3 aliphatic rings. The van der Waals surface area contributed by atoms with Gasteiger partial charge in [0.25, 0.3) is 0 Å². The van der Waals surface area contributed by atoms with Crippen molar-refractivity contribution in [2.45, 2.75) is 20.8 Å². The molecular formula is C36H27Br3Cl8N3O7P3. The van der Waals surface area contributed by atoms with Gasteiger partial charge in [0.15, 0.2) is 0 Å². The van der Waals surface area contributed by atoms with Gasteiger partial charge in [-0.05, 0) is 0 Å². The molecule has 0 unspecified atom stereocenters. The molecule has 1 saturated heterocycles. The van der Waals surface area contributed by atoms with Crippen molar-refractivity contribution >= 4 is 164 Å². The normalized spacial score (nSPS) is 19.1. The van der Waals surface area contributed by atoms with Gasteiger partial charge in [-0.25, -0.2) is 0 Å². The van der Waals surface area contributed by atoms with E-state index in [2.05, 4.69) is 47.8 Å². The summed E-state index contributed by atoms with van der Waals surface area (Å²) >= 11 is 65.3. The molecule has 0 aromatic heterocycles.